The van der Waals surface area contributed by atoms with Gasteiger partial charge in [0.2, 0.25) is 11.8 Å². The molecule has 1 aromatic rings. The number of rotatable bonds is 7. The highest BCUT2D eigenvalue weighted by Crippen LogP contribution is 2.18. The quantitative estimate of drug-likeness (QED) is 0.759. The summed E-state index contributed by atoms with van der Waals surface area (Å²) in [4.78, 5) is 28.7. The van der Waals surface area contributed by atoms with Gasteiger partial charge in [-0.3, -0.25) is 14.5 Å². The van der Waals surface area contributed by atoms with Crippen LogP contribution < -0.4 is 5.32 Å². The Hall–Kier alpha value is -1.93. The molecule has 0 spiro atoms. The first-order valence-corrected chi connectivity index (χ1v) is 8.97. The van der Waals surface area contributed by atoms with Gasteiger partial charge in [0, 0.05) is 45.2 Å². The molecule has 1 atom stereocenters. The molecule has 1 aromatic heterocycles. The number of nitrogens with one attached hydrogen (secondary N) is 1. The van der Waals surface area contributed by atoms with Gasteiger partial charge in [-0.15, -0.1) is 0 Å². The first-order valence-electron chi connectivity index (χ1n) is 8.97. The Morgan fingerprint density at radius 3 is 2.92 bits per heavy atom. The molecular weight excluding hydrogens is 324 g/mol. The molecule has 2 fully saturated rings. The predicted octanol–water partition coefficient (Wildman–Crippen LogP) is 0.252. The SMILES string of the molecule is O=C(NCc1ccon1)[C@H]1CCC(=O)N(CCCN2CCOCC2)C1. The first kappa shape index (κ1) is 17.9. The average Bonchev–Trinajstić information content (AvgIpc) is 3.16. The van der Waals surface area contributed by atoms with Crippen molar-refractivity contribution in [3.63, 3.8) is 0 Å². The third-order valence-electron chi connectivity index (χ3n) is 4.81. The molecule has 2 amide bonds. The van der Waals surface area contributed by atoms with E-state index in [9.17, 15) is 9.59 Å². The number of amides is 2. The Kier molecular flexibility index (Phi) is 6.41. The van der Waals surface area contributed by atoms with Crippen molar-refractivity contribution >= 4 is 11.8 Å². The monoisotopic (exact) mass is 350 g/mol. The first-order chi connectivity index (χ1) is 12.2. The van der Waals surface area contributed by atoms with Gasteiger partial charge in [-0.05, 0) is 12.8 Å². The second-order valence-corrected chi connectivity index (χ2v) is 6.59. The van der Waals surface area contributed by atoms with Crippen LogP contribution in [-0.4, -0.2) is 72.7 Å². The molecule has 2 saturated heterocycles. The topological polar surface area (TPSA) is 87.9 Å². The minimum Gasteiger partial charge on any atom is -0.379 e. The largest absolute Gasteiger partial charge is 0.379 e. The fraction of sp³-hybridized carbons (Fsp3) is 0.706. The van der Waals surface area contributed by atoms with Crippen molar-refractivity contribution < 1.29 is 18.8 Å². The number of morpholine rings is 1. The van der Waals surface area contributed by atoms with E-state index in [4.69, 9.17) is 9.26 Å². The van der Waals surface area contributed by atoms with Gasteiger partial charge < -0.3 is 19.5 Å². The van der Waals surface area contributed by atoms with Crippen LogP contribution in [0.1, 0.15) is 25.0 Å². The van der Waals surface area contributed by atoms with Gasteiger partial charge in [0.15, 0.2) is 0 Å². The number of hydrogen-bond donors (Lipinski definition) is 1. The van der Waals surface area contributed by atoms with E-state index in [1.54, 1.807) is 6.07 Å². The number of likely N-dealkylation sites (tertiary alicyclic amines) is 1. The van der Waals surface area contributed by atoms with E-state index in [0.29, 0.717) is 38.2 Å². The zero-order valence-electron chi connectivity index (χ0n) is 14.5. The van der Waals surface area contributed by atoms with Crippen LogP contribution >= 0.6 is 0 Å². The lowest BCUT2D eigenvalue weighted by molar-refractivity contribution is -0.138. The summed E-state index contributed by atoms with van der Waals surface area (Å²) in [6, 6.07) is 1.72. The number of carbonyl (C=O) groups excluding carboxylic acids is 2. The van der Waals surface area contributed by atoms with Crippen LogP contribution in [0.3, 0.4) is 0 Å². The van der Waals surface area contributed by atoms with Crippen molar-refractivity contribution in [2.45, 2.75) is 25.8 Å². The Balaban J connectivity index is 1.40. The van der Waals surface area contributed by atoms with E-state index < -0.39 is 0 Å². The zero-order chi connectivity index (χ0) is 17.5. The van der Waals surface area contributed by atoms with Gasteiger partial charge in [0.1, 0.15) is 12.0 Å². The molecule has 2 aliphatic heterocycles. The molecule has 138 valence electrons. The summed E-state index contributed by atoms with van der Waals surface area (Å²) in [7, 11) is 0. The van der Waals surface area contributed by atoms with E-state index in [-0.39, 0.29) is 17.7 Å². The van der Waals surface area contributed by atoms with Gasteiger partial charge in [0.25, 0.3) is 0 Å². The molecule has 3 rings (SSSR count). The maximum atomic E-state index is 12.3. The molecular formula is C17H26N4O4. The van der Waals surface area contributed by atoms with Crippen LogP contribution in [0.2, 0.25) is 0 Å². The van der Waals surface area contributed by atoms with Crippen LogP contribution in [0.5, 0.6) is 0 Å². The molecule has 2 aliphatic rings. The van der Waals surface area contributed by atoms with E-state index in [1.807, 2.05) is 4.90 Å². The highest BCUT2D eigenvalue weighted by Gasteiger charge is 2.30. The Morgan fingerprint density at radius 2 is 2.16 bits per heavy atom. The van der Waals surface area contributed by atoms with E-state index in [2.05, 4.69) is 15.4 Å². The molecule has 3 heterocycles. The minimum atomic E-state index is -0.145. The van der Waals surface area contributed by atoms with Crippen molar-refractivity contribution in [2.75, 3.05) is 45.9 Å². The lowest BCUT2D eigenvalue weighted by Gasteiger charge is -2.33. The van der Waals surface area contributed by atoms with E-state index in [0.717, 1.165) is 39.3 Å². The van der Waals surface area contributed by atoms with Crippen molar-refractivity contribution in [3.8, 4) is 0 Å². The van der Waals surface area contributed by atoms with Crippen molar-refractivity contribution in [2.24, 2.45) is 5.92 Å². The molecule has 0 unspecified atom stereocenters. The maximum Gasteiger partial charge on any atom is 0.225 e. The lowest BCUT2D eigenvalue weighted by atomic mass is 9.96. The molecule has 0 bridgehead atoms. The third kappa shape index (κ3) is 5.27. The minimum absolute atomic E-state index is 0.0197. The molecule has 8 heteroatoms. The van der Waals surface area contributed by atoms with Gasteiger partial charge in [-0.2, -0.15) is 0 Å². The molecule has 8 nitrogen and oxygen atoms in total. The second kappa shape index (κ2) is 8.96. The number of ether oxygens (including phenoxy) is 1. The second-order valence-electron chi connectivity index (χ2n) is 6.59. The smallest absolute Gasteiger partial charge is 0.225 e. The Bertz CT molecular complexity index is 557. The van der Waals surface area contributed by atoms with Crippen LogP contribution in [0.15, 0.2) is 16.9 Å². The fourth-order valence-corrected chi connectivity index (χ4v) is 3.31. The third-order valence-corrected chi connectivity index (χ3v) is 4.81. The summed E-state index contributed by atoms with van der Waals surface area (Å²) in [6.45, 7) is 6.04. The summed E-state index contributed by atoms with van der Waals surface area (Å²) in [5.41, 5.74) is 0.697. The van der Waals surface area contributed by atoms with Crippen LogP contribution in [0, 0.1) is 5.92 Å². The van der Waals surface area contributed by atoms with Crippen LogP contribution in [-0.2, 0) is 20.9 Å². The molecule has 1 N–H and O–H groups in total. The fourth-order valence-electron chi connectivity index (χ4n) is 3.31. The summed E-state index contributed by atoms with van der Waals surface area (Å²) < 4.78 is 10.1. The van der Waals surface area contributed by atoms with Gasteiger partial charge in [0.05, 0.1) is 25.7 Å². The molecule has 0 aliphatic carbocycles. The lowest BCUT2D eigenvalue weighted by Crippen LogP contribution is -2.46. The Labute approximate surface area is 147 Å². The summed E-state index contributed by atoms with van der Waals surface area (Å²) in [5.74, 6) is -0.0100. The summed E-state index contributed by atoms with van der Waals surface area (Å²) in [6.07, 6.45) is 3.47. The number of nitrogens with zero attached hydrogens (tertiary/aromatic N) is 3. The zero-order valence-corrected chi connectivity index (χ0v) is 14.5. The summed E-state index contributed by atoms with van der Waals surface area (Å²) in [5, 5.41) is 6.65. The number of carbonyl (C=O) groups is 2. The van der Waals surface area contributed by atoms with Crippen molar-refractivity contribution in [1.82, 2.24) is 20.3 Å². The van der Waals surface area contributed by atoms with Crippen molar-refractivity contribution in [1.29, 1.82) is 0 Å². The van der Waals surface area contributed by atoms with Gasteiger partial charge in [-0.1, -0.05) is 5.16 Å². The van der Waals surface area contributed by atoms with Crippen LogP contribution in [0.25, 0.3) is 0 Å². The maximum absolute atomic E-state index is 12.3. The van der Waals surface area contributed by atoms with E-state index >= 15 is 0 Å². The normalized spacial score (nSPS) is 22.2. The van der Waals surface area contributed by atoms with E-state index in [1.165, 1.54) is 6.26 Å². The number of hydrogen-bond acceptors (Lipinski definition) is 6. The van der Waals surface area contributed by atoms with Gasteiger partial charge in [-0.25, -0.2) is 0 Å². The standard InChI is InChI=1S/C17H26N4O4/c22-16-3-2-14(17(23)18-12-15-4-9-25-19-15)13-21(16)6-1-5-20-7-10-24-11-8-20/h4,9,14H,1-3,5-8,10-13H2,(H,18,23)/t14-/m0/s1. The highest BCUT2D eigenvalue weighted by atomic mass is 16.5. The number of aromatic nitrogens is 1. The van der Waals surface area contributed by atoms with Crippen LogP contribution in [0.4, 0.5) is 0 Å². The molecule has 25 heavy (non-hydrogen) atoms. The summed E-state index contributed by atoms with van der Waals surface area (Å²) >= 11 is 0. The predicted molar refractivity (Wildman–Crippen MR) is 89.5 cm³/mol. The molecule has 0 aromatic carbocycles. The highest BCUT2D eigenvalue weighted by molar-refractivity contribution is 5.83. The Morgan fingerprint density at radius 1 is 1.32 bits per heavy atom. The van der Waals surface area contributed by atoms with Crippen molar-refractivity contribution in [3.05, 3.63) is 18.0 Å². The molecule has 0 radical (unpaired) electrons. The number of piperidine rings is 1. The molecule has 0 saturated carbocycles. The average molecular weight is 350 g/mol. The van der Waals surface area contributed by atoms with Gasteiger partial charge >= 0.3 is 0 Å².